The van der Waals surface area contributed by atoms with E-state index in [-0.39, 0.29) is 57.5 Å². The number of aliphatic hydroxyl groups is 1. The Bertz CT molecular complexity index is 1900. The molecule has 246 valence electrons. The van der Waals surface area contributed by atoms with Crippen molar-refractivity contribution in [2.75, 3.05) is 13.2 Å². The number of carbonyl (C=O) groups excluding carboxylic acids is 2. The molecule has 2 aromatic heterocycles. The number of nitrogens with zero attached hydrogens (tertiary/aromatic N) is 2. The lowest BCUT2D eigenvalue weighted by Gasteiger charge is -2.31. The summed E-state index contributed by atoms with van der Waals surface area (Å²) in [6.07, 6.45) is -6.13. The Morgan fingerprint density at radius 1 is 1.15 bits per heavy atom. The highest BCUT2D eigenvalue weighted by Gasteiger charge is 2.57. The van der Waals surface area contributed by atoms with Crippen LogP contribution in [-0.2, 0) is 15.8 Å². The molecule has 6 rings (SSSR count). The summed E-state index contributed by atoms with van der Waals surface area (Å²) in [6.45, 7) is -0.443. The number of hydrogen-bond acceptors (Lipinski definition) is 7. The van der Waals surface area contributed by atoms with Crippen LogP contribution >= 0.6 is 0 Å². The first-order chi connectivity index (χ1) is 22.1. The average Bonchev–Trinajstić information content (AvgIpc) is 3.78. The van der Waals surface area contributed by atoms with Gasteiger partial charge in [-0.3, -0.25) is 14.6 Å². The number of rotatable bonds is 9. The normalized spacial score (nSPS) is 18.8. The number of alkyl halides is 5. The summed E-state index contributed by atoms with van der Waals surface area (Å²) in [4.78, 5) is 33.8. The smallest absolute Gasteiger partial charge is 0.424 e. The molecule has 9 nitrogen and oxygen atoms in total. The third-order valence-electron chi connectivity index (χ3n) is 8.23. The summed E-state index contributed by atoms with van der Waals surface area (Å²) in [5.74, 6) is -2.65. The highest BCUT2D eigenvalue weighted by atomic mass is 19.4. The molecule has 47 heavy (non-hydrogen) atoms. The molecule has 2 amide bonds. The Balaban J connectivity index is 1.40. The predicted molar refractivity (Wildman–Crippen MR) is 154 cm³/mol. The van der Waals surface area contributed by atoms with Gasteiger partial charge in [-0.05, 0) is 68.3 Å². The first-order valence-electron chi connectivity index (χ1n) is 14.3. The van der Waals surface area contributed by atoms with Crippen LogP contribution in [0.2, 0.25) is 0 Å². The Kier molecular flexibility index (Phi) is 7.77. The van der Waals surface area contributed by atoms with Crippen molar-refractivity contribution in [1.82, 2.24) is 15.3 Å². The zero-order valence-corrected chi connectivity index (χ0v) is 24.5. The Hall–Kier alpha value is -4.92. The number of amides is 2. The molecule has 4 N–H and O–H groups in total. The minimum Gasteiger partial charge on any atom is -0.489 e. The SMILES string of the molecule is C[C@]1(C(N)=O)COc2c1cc(C(O)(CNC(=O)c1cc(OC3CC3)c3ncc(C(F)F)cc3c1)C(F)(F)F)nc2-c1ccc(F)cc1. The maximum atomic E-state index is 14.8. The van der Waals surface area contributed by atoms with E-state index in [1.165, 1.54) is 31.2 Å². The van der Waals surface area contributed by atoms with Gasteiger partial charge in [0.2, 0.25) is 11.5 Å². The van der Waals surface area contributed by atoms with E-state index in [0.717, 1.165) is 30.5 Å². The third-order valence-corrected chi connectivity index (χ3v) is 8.23. The van der Waals surface area contributed by atoms with Gasteiger partial charge in [0.25, 0.3) is 12.3 Å². The number of nitrogens with one attached hydrogen (secondary N) is 1. The maximum Gasteiger partial charge on any atom is 0.424 e. The van der Waals surface area contributed by atoms with Crippen LogP contribution in [0.3, 0.4) is 0 Å². The number of aromatic nitrogens is 2. The molecule has 15 heteroatoms. The van der Waals surface area contributed by atoms with Gasteiger partial charge in [0.05, 0.1) is 18.3 Å². The standard InChI is InChI=1S/C32H26F6N4O5/c1-30(29(39)44)14-46-26-21(30)11-23(42-25(26)15-2-4-19(33)5-3-15)31(45,32(36,37)38)13-41-28(43)17-8-16-9-18(27(34)35)12-40-24(16)22(10-17)47-20-6-7-20/h2-5,8-12,20,27,45H,6-7,13-14H2,1H3,(H2,39,44)(H,41,43)/t30-,31?/m0/s1. The van der Waals surface area contributed by atoms with Crippen molar-refractivity contribution < 1.29 is 50.5 Å². The molecule has 0 spiro atoms. The zero-order valence-electron chi connectivity index (χ0n) is 24.5. The van der Waals surface area contributed by atoms with Crippen molar-refractivity contribution in [2.24, 2.45) is 5.73 Å². The molecule has 1 unspecified atom stereocenters. The van der Waals surface area contributed by atoms with Crippen LogP contribution in [0.1, 0.15) is 53.4 Å². The summed E-state index contributed by atoms with van der Waals surface area (Å²) < 4.78 is 96.2. The quantitative estimate of drug-likeness (QED) is 0.209. The van der Waals surface area contributed by atoms with E-state index in [1.807, 2.05) is 0 Å². The molecule has 2 aromatic carbocycles. The van der Waals surface area contributed by atoms with Crippen molar-refractivity contribution in [3.05, 3.63) is 82.9 Å². The summed E-state index contributed by atoms with van der Waals surface area (Å²) in [5, 5.41) is 13.4. The van der Waals surface area contributed by atoms with Crippen LogP contribution in [0.15, 0.2) is 54.7 Å². The van der Waals surface area contributed by atoms with Gasteiger partial charge in [0.1, 0.15) is 40.5 Å². The van der Waals surface area contributed by atoms with E-state index in [9.17, 15) is 41.0 Å². The Labute approximate surface area is 262 Å². The number of carbonyl (C=O) groups is 2. The van der Waals surface area contributed by atoms with Crippen LogP contribution in [-0.4, -0.2) is 52.3 Å². The van der Waals surface area contributed by atoms with Crippen LogP contribution in [0.5, 0.6) is 11.5 Å². The van der Waals surface area contributed by atoms with Crippen molar-refractivity contribution in [2.45, 2.75) is 49.5 Å². The summed E-state index contributed by atoms with van der Waals surface area (Å²) in [5.41, 5.74) is -1.57. The second-order valence-corrected chi connectivity index (χ2v) is 11.7. The molecule has 3 heterocycles. The van der Waals surface area contributed by atoms with E-state index in [4.69, 9.17) is 15.2 Å². The van der Waals surface area contributed by atoms with E-state index < -0.39 is 59.1 Å². The number of fused-ring (bicyclic) bond motifs is 2. The number of halogens is 6. The number of nitrogens with two attached hydrogens (primary N) is 1. The lowest BCUT2D eigenvalue weighted by molar-refractivity contribution is -0.265. The lowest BCUT2D eigenvalue weighted by atomic mass is 9.81. The second kappa shape index (κ2) is 11.4. The van der Waals surface area contributed by atoms with Gasteiger partial charge in [-0.25, -0.2) is 18.2 Å². The number of primary amides is 1. The fourth-order valence-electron chi connectivity index (χ4n) is 5.19. The van der Waals surface area contributed by atoms with Crippen LogP contribution < -0.4 is 20.5 Å². The van der Waals surface area contributed by atoms with Gasteiger partial charge < -0.3 is 25.6 Å². The molecular weight excluding hydrogens is 634 g/mol. The molecule has 0 saturated heterocycles. The van der Waals surface area contributed by atoms with Crippen LogP contribution in [0, 0.1) is 5.82 Å². The van der Waals surface area contributed by atoms with Gasteiger partial charge in [-0.2, -0.15) is 13.2 Å². The zero-order chi connectivity index (χ0) is 33.9. The van der Waals surface area contributed by atoms with Gasteiger partial charge in [0.15, 0.2) is 0 Å². The molecular formula is C32H26F6N4O5. The van der Waals surface area contributed by atoms with Crippen LogP contribution in [0.4, 0.5) is 26.3 Å². The van der Waals surface area contributed by atoms with Gasteiger partial charge in [0, 0.05) is 33.8 Å². The third kappa shape index (κ3) is 5.79. The number of benzene rings is 2. The highest BCUT2D eigenvalue weighted by Crippen LogP contribution is 2.48. The summed E-state index contributed by atoms with van der Waals surface area (Å²) in [6, 6.07) is 8.88. The second-order valence-electron chi connectivity index (χ2n) is 11.7. The van der Waals surface area contributed by atoms with E-state index in [1.54, 1.807) is 0 Å². The van der Waals surface area contributed by atoms with E-state index in [0.29, 0.717) is 12.8 Å². The molecule has 1 fully saturated rings. The highest BCUT2D eigenvalue weighted by molar-refractivity contribution is 6.00. The Morgan fingerprint density at radius 3 is 2.47 bits per heavy atom. The van der Waals surface area contributed by atoms with Crippen molar-refractivity contribution in [3.8, 4) is 22.8 Å². The fourth-order valence-corrected chi connectivity index (χ4v) is 5.19. The van der Waals surface area contributed by atoms with Crippen LogP contribution in [0.25, 0.3) is 22.2 Å². The molecule has 1 aliphatic heterocycles. The maximum absolute atomic E-state index is 14.8. The monoisotopic (exact) mass is 660 g/mol. The molecule has 4 aromatic rings. The van der Waals surface area contributed by atoms with Crippen molar-refractivity contribution in [1.29, 1.82) is 0 Å². The van der Waals surface area contributed by atoms with Crippen molar-refractivity contribution in [3.63, 3.8) is 0 Å². The largest absolute Gasteiger partial charge is 0.489 e. The molecule has 2 aliphatic rings. The molecule has 1 aliphatic carbocycles. The van der Waals surface area contributed by atoms with Gasteiger partial charge >= 0.3 is 6.18 Å². The number of ether oxygens (including phenoxy) is 2. The minimum atomic E-state index is -5.44. The Morgan fingerprint density at radius 2 is 1.85 bits per heavy atom. The van der Waals surface area contributed by atoms with E-state index in [2.05, 4.69) is 15.3 Å². The molecule has 1 saturated carbocycles. The average molecular weight is 661 g/mol. The van der Waals surface area contributed by atoms with Crippen molar-refractivity contribution >= 4 is 22.7 Å². The molecule has 0 radical (unpaired) electrons. The molecule has 2 atom stereocenters. The minimum absolute atomic E-state index is 0.0775. The van der Waals surface area contributed by atoms with Gasteiger partial charge in [-0.1, -0.05) is 0 Å². The topological polar surface area (TPSA) is 137 Å². The first-order valence-corrected chi connectivity index (χ1v) is 14.3. The first kappa shape index (κ1) is 32.0. The lowest BCUT2D eigenvalue weighted by Crippen LogP contribution is -2.51. The van der Waals surface area contributed by atoms with Gasteiger partial charge in [-0.15, -0.1) is 0 Å². The molecule has 0 bridgehead atoms. The summed E-state index contributed by atoms with van der Waals surface area (Å²) in [7, 11) is 0. The summed E-state index contributed by atoms with van der Waals surface area (Å²) >= 11 is 0. The number of hydrogen-bond donors (Lipinski definition) is 3. The fraction of sp³-hybridized carbons (Fsp3) is 0.312. The predicted octanol–water partition coefficient (Wildman–Crippen LogP) is 5.23. The number of pyridine rings is 2. The van der Waals surface area contributed by atoms with E-state index >= 15 is 0 Å².